The molecule has 0 saturated carbocycles. The minimum absolute atomic E-state index is 0. The predicted octanol–water partition coefficient (Wildman–Crippen LogP) is 1.36. The molecular formula is C11H16Cl2N4O. The zero-order chi connectivity index (χ0) is 12.4. The van der Waals surface area contributed by atoms with E-state index in [0.29, 0.717) is 24.0 Å². The smallest absolute Gasteiger partial charge is 0.274 e. The molecule has 0 aliphatic carbocycles. The normalized spacial score (nSPS) is 22.7. The van der Waals surface area contributed by atoms with Crippen LogP contribution in [0.3, 0.4) is 0 Å². The van der Waals surface area contributed by atoms with Gasteiger partial charge in [-0.1, -0.05) is 11.6 Å². The predicted molar refractivity (Wildman–Crippen MR) is 71.9 cm³/mol. The van der Waals surface area contributed by atoms with Crippen molar-refractivity contribution in [3.05, 3.63) is 23.2 Å². The molecule has 100 valence electrons. The molecule has 2 heterocycles. The molecule has 1 aliphatic heterocycles. The van der Waals surface area contributed by atoms with Crippen LogP contribution in [0.2, 0.25) is 5.02 Å². The number of nitrogens with zero attached hydrogens (tertiary/aromatic N) is 3. The van der Waals surface area contributed by atoms with E-state index in [1.807, 2.05) is 6.92 Å². The summed E-state index contributed by atoms with van der Waals surface area (Å²) in [5.41, 5.74) is 5.91. The molecule has 1 saturated heterocycles. The van der Waals surface area contributed by atoms with E-state index in [1.165, 1.54) is 12.5 Å². The van der Waals surface area contributed by atoms with Crippen molar-refractivity contribution in [1.82, 2.24) is 14.9 Å². The summed E-state index contributed by atoms with van der Waals surface area (Å²) in [6.07, 6.45) is 3.70. The molecule has 0 spiro atoms. The fourth-order valence-corrected chi connectivity index (χ4v) is 2.39. The van der Waals surface area contributed by atoms with Gasteiger partial charge in [0.1, 0.15) is 12.0 Å². The summed E-state index contributed by atoms with van der Waals surface area (Å²) >= 11 is 5.92. The summed E-state index contributed by atoms with van der Waals surface area (Å²) in [5.74, 6) is 0.232. The van der Waals surface area contributed by atoms with Crippen molar-refractivity contribution in [3.8, 4) is 0 Å². The summed E-state index contributed by atoms with van der Waals surface area (Å²) in [5, 5.41) is 0.292. The lowest BCUT2D eigenvalue weighted by Gasteiger charge is -2.21. The quantitative estimate of drug-likeness (QED) is 0.893. The van der Waals surface area contributed by atoms with Gasteiger partial charge in [0.05, 0.1) is 5.02 Å². The van der Waals surface area contributed by atoms with Crippen LogP contribution in [0.4, 0.5) is 0 Å². The highest BCUT2D eigenvalue weighted by Crippen LogP contribution is 2.25. The van der Waals surface area contributed by atoms with Gasteiger partial charge in [-0.05, 0) is 25.8 Å². The van der Waals surface area contributed by atoms with E-state index in [9.17, 15) is 4.79 Å². The van der Waals surface area contributed by atoms with Crippen molar-refractivity contribution in [3.63, 3.8) is 0 Å². The molecule has 1 aliphatic rings. The van der Waals surface area contributed by atoms with E-state index < -0.39 is 0 Å². The lowest BCUT2D eigenvalue weighted by Crippen LogP contribution is -2.35. The summed E-state index contributed by atoms with van der Waals surface area (Å²) in [7, 11) is 0. The van der Waals surface area contributed by atoms with Crippen molar-refractivity contribution in [1.29, 1.82) is 0 Å². The second-order valence-corrected chi connectivity index (χ2v) is 4.77. The Hall–Kier alpha value is -0.910. The molecule has 1 fully saturated rings. The van der Waals surface area contributed by atoms with Gasteiger partial charge in [0.2, 0.25) is 0 Å². The van der Waals surface area contributed by atoms with Crippen LogP contribution in [-0.4, -0.2) is 39.9 Å². The Bertz CT molecular complexity index is 429. The first-order valence-corrected chi connectivity index (χ1v) is 5.97. The van der Waals surface area contributed by atoms with E-state index in [2.05, 4.69) is 9.97 Å². The SMILES string of the molecule is CC1CC(CN)CN1C(=O)c1ncncc1Cl.Cl. The first kappa shape index (κ1) is 15.1. The molecule has 2 N–H and O–H groups in total. The molecule has 1 aromatic rings. The van der Waals surface area contributed by atoms with E-state index in [-0.39, 0.29) is 30.0 Å². The molecule has 2 unspecified atom stereocenters. The van der Waals surface area contributed by atoms with Gasteiger partial charge in [-0.3, -0.25) is 4.79 Å². The van der Waals surface area contributed by atoms with E-state index in [4.69, 9.17) is 17.3 Å². The van der Waals surface area contributed by atoms with Gasteiger partial charge in [0.15, 0.2) is 0 Å². The van der Waals surface area contributed by atoms with Crippen molar-refractivity contribution >= 4 is 29.9 Å². The lowest BCUT2D eigenvalue weighted by molar-refractivity contribution is 0.0737. The van der Waals surface area contributed by atoms with Gasteiger partial charge in [-0.2, -0.15) is 0 Å². The second kappa shape index (κ2) is 6.31. The van der Waals surface area contributed by atoms with Crippen LogP contribution in [-0.2, 0) is 0 Å². The van der Waals surface area contributed by atoms with Crippen LogP contribution in [0.5, 0.6) is 0 Å². The van der Waals surface area contributed by atoms with Crippen molar-refractivity contribution in [2.45, 2.75) is 19.4 Å². The number of rotatable bonds is 2. The monoisotopic (exact) mass is 290 g/mol. The maximum absolute atomic E-state index is 12.3. The fraction of sp³-hybridized carbons (Fsp3) is 0.545. The molecule has 0 aromatic carbocycles. The second-order valence-electron chi connectivity index (χ2n) is 4.36. The number of nitrogens with two attached hydrogens (primary N) is 1. The zero-order valence-corrected chi connectivity index (χ0v) is 11.6. The third-order valence-electron chi connectivity index (χ3n) is 3.13. The highest BCUT2D eigenvalue weighted by atomic mass is 35.5. The number of halogens is 2. The molecule has 0 bridgehead atoms. The van der Waals surface area contributed by atoms with Crippen LogP contribution in [0.25, 0.3) is 0 Å². The Balaban J connectivity index is 0.00000162. The number of carbonyl (C=O) groups excluding carboxylic acids is 1. The maximum Gasteiger partial charge on any atom is 0.274 e. The van der Waals surface area contributed by atoms with Gasteiger partial charge in [0.25, 0.3) is 5.91 Å². The molecule has 0 radical (unpaired) electrons. The first-order valence-electron chi connectivity index (χ1n) is 5.60. The largest absolute Gasteiger partial charge is 0.334 e. The molecule has 2 atom stereocenters. The summed E-state index contributed by atoms with van der Waals surface area (Å²) in [4.78, 5) is 21.7. The summed E-state index contributed by atoms with van der Waals surface area (Å²) < 4.78 is 0. The molecule has 18 heavy (non-hydrogen) atoms. The van der Waals surface area contributed by atoms with Crippen molar-refractivity contribution in [2.24, 2.45) is 11.7 Å². The van der Waals surface area contributed by atoms with Crippen LogP contribution in [0.15, 0.2) is 12.5 Å². The maximum atomic E-state index is 12.3. The lowest BCUT2D eigenvalue weighted by atomic mass is 10.1. The van der Waals surface area contributed by atoms with E-state index in [0.717, 1.165) is 6.42 Å². The highest BCUT2D eigenvalue weighted by Gasteiger charge is 2.33. The number of hydrogen-bond acceptors (Lipinski definition) is 4. The van der Waals surface area contributed by atoms with Crippen molar-refractivity contribution in [2.75, 3.05) is 13.1 Å². The standard InChI is InChI=1S/C11H15ClN4O.ClH/c1-7-2-8(3-13)5-16(7)11(17)10-9(12)4-14-6-15-10;/h4,6-8H,2-3,5,13H2,1H3;1H. The zero-order valence-electron chi connectivity index (χ0n) is 10.0. The molecule has 5 nitrogen and oxygen atoms in total. The first-order chi connectivity index (χ1) is 8.13. The highest BCUT2D eigenvalue weighted by molar-refractivity contribution is 6.33. The van der Waals surface area contributed by atoms with Crippen LogP contribution < -0.4 is 5.73 Å². The van der Waals surface area contributed by atoms with Gasteiger partial charge >= 0.3 is 0 Å². The molecular weight excluding hydrogens is 275 g/mol. The van der Waals surface area contributed by atoms with Crippen LogP contribution in [0, 0.1) is 5.92 Å². The Morgan fingerprint density at radius 2 is 2.39 bits per heavy atom. The van der Waals surface area contributed by atoms with E-state index in [1.54, 1.807) is 4.90 Å². The third kappa shape index (κ3) is 2.91. The summed E-state index contributed by atoms with van der Waals surface area (Å²) in [6.45, 7) is 3.30. The average Bonchev–Trinajstić information content (AvgIpc) is 2.70. The number of carbonyl (C=O) groups is 1. The van der Waals surface area contributed by atoms with Crippen LogP contribution in [0.1, 0.15) is 23.8 Å². The Morgan fingerprint density at radius 3 is 2.94 bits per heavy atom. The molecule has 1 amide bonds. The topological polar surface area (TPSA) is 72.1 Å². The van der Waals surface area contributed by atoms with Gasteiger partial charge in [0, 0.05) is 18.8 Å². The average molecular weight is 291 g/mol. The number of hydrogen-bond donors (Lipinski definition) is 1. The minimum Gasteiger partial charge on any atom is -0.334 e. The number of amides is 1. The van der Waals surface area contributed by atoms with Gasteiger partial charge in [-0.15, -0.1) is 12.4 Å². The summed E-state index contributed by atoms with van der Waals surface area (Å²) in [6, 6.07) is 0.182. The third-order valence-corrected chi connectivity index (χ3v) is 3.40. The minimum atomic E-state index is -0.138. The van der Waals surface area contributed by atoms with Crippen molar-refractivity contribution < 1.29 is 4.79 Å². The van der Waals surface area contributed by atoms with Gasteiger partial charge in [-0.25, -0.2) is 9.97 Å². The molecule has 2 rings (SSSR count). The Kier molecular flexibility index (Phi) is 5.31. The van der Waals surface area contributed by atoms with Gasteiger partial charge < -0.3 is 10.6 Å². The van der Waals surface area contributed by atoms with Crippen LogP contribution >= 0.6 is 24.0 Å². The molecule has 7 heteroatoms. The Labute approximate surface area is 117 Å². The number of likely N-dealkylation sites (tertiary alicyclic amines) is 1. The fourth-order valence-electron chi connectivity index (χ4n) is 2.20. The Morgan fingerprint density at radius 1 is 1.67 bits per heavy atom. The number of aromatic nitrogens is 2. The molecule has 1 aromatic heterocycles. The van der Waals surface area contributed by atoms with E-state index >= 15 is 0 Å².